The molecule has 0 bridgehead atoms. The van der Waals surface area contributed by atoms with Crippen LogP contribution in [0.5, 0.6) is 5.75 Å². The number of methoxy groups -OCH3 is 1. The predicted molar refractivity (Wildman–Crippen MR) is 109 cm³/mol. The first-order valence-corrected chi connectivity index (χ1v) is 10.3. The highest BCUT2D eigenvalue weighted by atomic mass is 16.5. The monoisotopic (exact) mass is 388 g/mol. The van der Waals surface area contributed by atoms with E-state index >= 15 is 0 Å². The maximum atomic E-state index is 12.4. The van der Waals surface area contributed by atoms with Crippen molar-refractivity contribution >= 4 is 11.9 Å². The fourth-order valence-electron chi connectivity index (χ4n) is 3.87. The minimum atomic E-state index is -0.0306. The van der Waals surface area contributed by atoms with Gasteiger partial charge in [-0.2, -0.15) is 0 Å². The van der Waals surface area contributed by atoms with Crippen LogP contribution < -0.4 is 10.1 Å². The van der Waals surface area contributed by atoms with Gasteiger partial charge in [-0.1, -0.05) is 18.2 Å². The van der Waals surface area contributed by atoms with Crippen molar-refractivity contribution in [2.75, 3.05) is 59.5 Å². The largest absolute Gasteiger partial charge is 0.496 e. The number of para-hydroxylation sites is 1. The maximum absolute atomic E-state index is 12.4. The second-order valence-electron chi connectivity index (χ2n) is 7.50. The van der Waals surface area contributed by atoms with E-state index in [0.29, 0.717) is 26.2 Å². The van der Waals surface area contributed by atoms with Gasteiger partial charge >= 0.3 is 6.03 Å². The summed E-state index contributed by atoms with van der Waals surface area (Å²) < 4.78 is 5.35. The lowest BCUT2D eigenvalue weighted by Crippen LogP contribution is -2.54. The van der Waals surface area contributed by atoms with Crippen molar-refractivity contribution in [3.63, 3.8) is 0 Å². The lowest BCUT2D eigenvalue weighted by Gasteiger charge is -2.36. The van der Waals surface area contributed by atoms with Crippen LogP contribution in [-0.2, 0) is 11.2 Å². The summed E-state index contributed by atoms with van der Waals surface area (Å²) >= 11 is 0. The zero-order valence-corrected chi connectivity index (χ0v) is 16.9. The predicted octanol–water partition coefficient (Wildman–Crippen LogP) is 1.58. The summed E-state index contributed by atoms with van der Waals surface area (Å²) in [7, 11) is 1.66. The molecule has 1 N–H and O–H groups in total. The standard InChI is InChI=1S/C21H32N4O3/c1-28-19-8-4-3-7-18(19)9-10-22-21(27)25-15-13-23(14-16-25)17-20(26)24-11-5-2-6-12-24/h3-4,7-8H,2,5-6,9-17H2,1H3,(H,22,27). The van der Waals surface area contributed by atoms with Crippen molar-refractivity contribution in [3.05, 3.63) is 29.8 Å². The number of carbonyl (C=O) groups excluding carboxylic acids is 2. The molecule has 2 aliphatic heterocycles. The maximum Gasteiger partial charge on any atom is 0.317 e. The van der Waals surface area contributed by atoms with Crippen LogP contribution in [0.25, 0.3) is 0 Å². The summed E-state index contributed by atoms with van der Waals surface area (Å²) in [5.74, 6) is 1.08. The van der Waals surface area contributed by atoms with Crippen LogP contribution in [-0.4, -0.2) is 86.1 Å². The first-order chi connectivity index (χ1) is 13.7. The molecule has 0 saturated carbocycles. The van der Waals surface area contributed by atoms with Crippen molar-refractivity contribution in [2.24, 2.45) is 0 Å². The average Bonchev–Trinajstić information content (AvgIpc) is 2.75. The molecular formula is C21H32N4O3. The van der Waals surface area contributed by atoms with Gasteiger partial charge in [-0.05, 0) is 37.3 Å². The number of rotatable bonds is 6. The normalized spacial score (nSPS) is 18.0. The topological polar surface area (TPSA) is 65.1 Å². The van der Waals surface area contributed by atoms with E-state index in [0.717, 1.165) is 56.8 Å². The van der Waals surface area contributed by atoms with Crippen LogP contribution in [0.4, 0.5) is 4.79 Å². The summed E-state index contributed by atoms with van der Waals surface area (Å²) in [5.41, 5.74) is 1.09. The van der Waals surface area contributed by atoms with Crippen molar-refractivity contribution in [1.29, 1.82) is 0 Å². The molecule has 7 heteroatoms. The van der Waals surface area contributed by atoms with Crippen molar-refractivity contribution in [1.82, 2.24) is 20.0 Å². The Morgan fingerprint density at radius 3 is 2.39 bits per heavy atom. The van der Waals surface area contributed by atoms with Gasteiger partial charge in [-0.25, -0.2) is 4.79 Å². The number of likely N-dealkylation sites (tertiary alicyclic amines) is 1. The van der Waals surface area contributed by atoms with Crippen LogP contribution in [0.1, 0.15) is 24.8 Å². The van der Waals surface area contributed by atoms with Gasteiger partial charge in [-0.3, -0.25) is 9.69 Å². The lowest BCUT2D eigenvalue weighted by molar-refractivity contribution is -0.133. The van der Waals surface area contributed by atoms with Gasteiger partial charge in [0.2, 0.25) is 5.91 Å². The SMILES string of the molecule is COc1ccccc1CCNC(=O)N1CCN(CC(=O)N2CCCCC2)CC1. The first kappa shape index (κ1) is 20.5. The molecule has 2 heterocycles. The van der Waals surface area contributed by atoms with E-state index in [2.05, 4.69) is 10.2 Å². The quantitative estimate of drug-likeness (QED) is 0.804. The molecule has 2 saturated heterocycles. The number of amides is 3. The summed E-state index contributed by atoms with van der Waals surface area (Å²) in [6.07, 6.45) is 4.21. The third kappa shape index (κ3) is 5.61. The Balaban J connectivity index is 1.36. The highest BCUT2D eigenvalue weighted by molar-refractivity contribution is 5.78. The minimum Gasteiger partial charge on any atom is -0.496 e. The molecule has 2 aliphatic rings. The Hall–Kier alpha value is -2.28. The number of nitrogens with zero attached hydrogens (tertiary/aromatic N) is 3. The summed E-state index contributed by atoms with van der Waals surface area (Å²) in [6.45, 7) is 5.66. The number of benzene rings is 1. The van der Waals surface area contributed by atoms with Crippen LogP contribution in [0.3, 0.4) is 0 Å². The fourth-order valence-corrected chi connectivity index (χ4v) is 3.87. The number of nitrogens with one attached hydrogen (secondary N) is 1. The number of piperidine rings is 1. The molecule has 0 unspecified atom stereocenters. The number of urea groups is 1. The molecule has 154 valence electrons. The molecule has 0 spiro atoms. The fraction of sp³-hybridized carbons (Fsp3) is 0.619. The highest BCUT2D eigenvalue weighted by Gasteiger charge is 2.24. The summed E-state index contributed by atoms with van der Waals surface area (Å²) in [5, 5.41) is 3.00. The Labute approximate surface area is 167 Å². The molecule has 0 aliphatic carbocycles. The van der Waals surface area contributed by atoms with E-state index in [1.54, 1.807) is 7.11 Å². The zero-order chi connectivity index (χ0) is 19.8. The van der Waals surface area contributed by atoms with E-state index in [1.165, 1.54) is 6.42 Å². The van der Waals surface area contributed by atoms with Gasteiger partial charge in [0.15, 0.2) is 0 Å². The number of hydrogen-bond acceptors (Lipinski definition) is 4. The van der Waals surface area contributed by atoms with Crippen molar-refractivity contribution in [3.8, 4) is 5.75 Å². The third-order valence-corrected chi connectivity index (χ3v) is 5.59. The highest BCUT2D eigenvalue weighted by Crippen LogP contribution is 2.17. The van der Waals surface area contributed by atoms with E-state index in [4.69, 9.17) is 4.74 Å². The second kappa shape index (κ2) is 10.3. The molecule has 3 rings (SSSR count). The molecule has 7 nitrogen and oxygen atoms in total. The second-order valence-corrected chi connectivity index (χ2v) is 7.50. The van der Waals surface area contributed by atoms with Crippen LogP contribution in [0.15, 0.2) is 24.3 Å². The van der Waals surface area contributed by atoms with Gasteiger partial charge in [0.05, 0.1) is 13.7 Å². The summed E-state index contributed by atoms with van der Waals surface area (Å²) in [4.78, 5) is 30.8. The van der Waals surface area contributed by atoms with Gasteiger partial charge in [0.1, 0.15) is 5.75 Å². The van der Waals surface area contributed by atoms with Gasteiger partial charge < -0.3 is 19.9 Å². The molecule has 2 fully saturated rings. The minimum absolute atomic E-state index is 0.0306. The molecule has 3 amide bonds. The lowest BCUT2D eigenvalue weighted by atomic mass is 10.1. The molecule has 1 aromatic carbocycles. The van der Waals surface area contributed by atoms with Gasteiger partial charge in [0, 0.05) is 45.8 Å². The van der Waals surface area contributed by atoms with Crippen LogP contribution in [0.2, 0.25) is 0 Å². The molecule has 0 radical (unpaired) electrons. The molecular weight excluding hydrogens is 356 g/mol. The van der Waals surface area contributed by atoms with Crippen molar-refractivity contribution in [2.45, 2.75) is 25.7 Å². The van der Waals surface area contributed by atoms with E-state index in [-0.39, 0.29) is 11.9 Å². The molecule has 0 aromatic heterocycles. The first-order valence-electron chi connectivity index (χ1n) is 10.3. The van der Waals surface area contributed by atoms with E-state index < -0.39 is 0 Å². The van der Waals surface area contributed by atoms with Gasteiger partial charge in [-0.15, -0.1) is 0 Å². The van der Waals surface area contributed by atoms with Crippen LogP contribution in [0, 0.1) is 0 Å². The Morgan fingerprint density at radius 2 is 1.68 bits per heavy atom. The number of piperazine rings is 1. The number of carbonyl (C=O) groups is 2. The third-order valence-electron chi connectivity index (χ3n) is 5.59. The van der Waals surface area contributed by atoms with Crippen LogP contribution >= 0.6 is 0 Å². The Bertz CT molecular complexity index is 653. The molecule has 28 heavy (non-hydrogen) atoms. The Kier molecular flexibility index (Phi) is 7.54. The molecule has 1 aromatic rings. The summed E-state index contributed by atoms with van der Waals surface area (Å²) in [6, 6.07) is 7.84. The number of ether oxygens (including phenoxy) is 1. The van der Waals surface area contributed by atoms with Crippen molar-refractivity contribution < 1.29 is 14.3 Å². The average molecular weight is 389 g/mol. The Morgan fingerprint density at radius 1 is 0.964 bits per heavy atom. The van der Waals surface area contributed by atoms with E-state index in [1.807, 2.05) is 34.1 Å². The zero-order valence-electron chi connectivity index (χ0n) is 16.9. The van der Waals surface area contributed by atoms with Gasteiger partial charge in [0.25, 0.3) is 0 Å². The smallest absolute Gasteiger partial charge is 0.317 e. The van der Waals surface area contributed by atoms with E-state index in [9.17, 15) is 9.59 Å². The molecule has 0 atom stereocenters. The number of hydrogen-bond donors (Lipinski definition) is 1.